The molecule has 0 bridgehead atoms. The van der Waals surface area contributed by atoms with E-state index < -0.39 is 0 Å². The van der Waals surface area contributed by atoms with Gasteiger partial charge in [0.2, 0.25) is 5.91 Å². The van der Waals surface area contributed by atoms with Crippen molar-refractivity contribution in [1.82, 2.24) is 10.6 Å². The molecule has 116 valence electrons. The van der Waals surface area contributed by atoms with Gasteiger partial charge in [0, 0.05) is 6.54 Å². The summed E-state index contributed by atoms with van der Waals surface area (Å²) < 4.78 is 5.11. The second kappa shape index (κ2) is 8.20. The minimum absolute atomic E-state index is 0.00938. The number of ether oxygens (including phenoxy) is 1. The predicted molar refractivity (Wildman–Crippen MR) is 87.7 cm³/mol. The Labute approximate surface area is 131 Å². The summed E-state index contributed by atoms with van der Waals surface area (Å²) in [6, 6.07) is 17.7. The number of nitrogens with one attached hydrogen (secondary N) is 2. The number of hydrogen-bond acceptors (Lipinski definition) is 3. The summed E-state index contributed by atoms with van der Waals surface area (Å²) in [5.41, 5.74) is 2.22. The first-order valence-corrected chi connectivity index (χ1v) is 7.37. The maximum Gasteiger partial charge on any atom is 0.234 e. The molecule has 0 saturated heterocycles. The molecular weight excluding hydrogens is 276 g/mol. The number of carbonyl (C=O) groups is 1. The van der Waals surface area contributed by atoms with Gasteiger partial charge >= 0.3 is 0 Å². The third kappa shape index (κ3) is 4.90. The summed E-state index contributed by atoms with van der Waals surface area (Å²) in [7, 11) is 1.64. The van der Waals surface area contributed by atoms with Gasteiger partial charge < -0.3 is 15.4 Å². The summed E-state index contributed by atoms with van der Waals surface area (Å²) in [6.07, 6.45) is 0. The quantitative estimate of drug-likeness (QED) is 0.826. The normalized spacial score (nSPS) is 11.7. The fourth-order valence-corrected chi connectivity index (χ4v) is 2.18. The van der Waals surface area contributed by atoms with Crippen molar-refractivity contribution in [2.45, 2.75) is 19.5 Å². The van der Waals surface area contributed by atoms with Crippen LogP contribution in [0.2, 0.25) is 0 Å². The molecule has 0 aliphatic carbocycles. The minimum atomic E-state index is -0.00938. The fourth-order valence-electron chi connectivity index (χ4n) is 2.18. The highest BCUT2D eigenvalue weighted by molar-refractivity contribution is 5.78. The Hall–Kier alpha value is -2.33. The number of methoxy groups -OCH3 is 1. The van der Waals surface area contributed by atoms with Crippen LogP contribution in [0.1, 0.15) is 24.1 Å². The SMILES string of the molecule is COc1ccc(CNCC(=O)NC(C)c2ccccc2)cc1. The molecule has 1 amide bonds. The van der Waals surface area contributed by atoms with E-state index in [2.05, 4.69) is 10.6 Å². The van der Waals surface area contributed by atoms with Gasteiger partial charge in [0.25, 0.3) is 0 Å². The zero-order valence-corrected chi connectivity index (χ0v) is 13.0. The zero-order valence-electron chi connectivity index (χ0n) is 13.0. The van der Waals surface area contributed by atoms with Crippen LogP contribution in [-0.4, -0.2) is 19.6 Å². The third-order valence-corrected chi connectivity index (χ3v) is 3.45. The number of hydrogen-bond donors (Lipinski definition) is 2. The lowest BCUT2D eigenvalue weighted by Gasteiger charge is -2.14. The second-order valence-electron chi connectivity index (χ2n) is 5.15. The highest BCUT2D eigenvalue weighted by Gasteiger charge is 2.08. The van der Waals surface area contributed by atoms with Crippen molar-refractivity contribution in [1.29, 1.82) is 0 Å². The van der Waals surface area contributed by atoms with Gasteiger partial charge in [0.1, 0.15) is 5.75 Å². The molecule has 0 radical (unpaired) electrons. The lowest BCUT2D eigenvalue weighted by Crippen LogP contribution is -2.35. The van der Waals surface area contributed by atoms with Crippen molar-refractivity contribution in [3.63, 3.8) is 0 Å². The molecule has 0 aromatic heterocycles. The Morgan fingerprint density at radius 1 is 1.09 bits per heavy atom. The van der Waals surface area contributed by atoms with Crippen LogP contribution >= 0.6 is 0 Å². The molecule has 2 N–H and O–H groups in total. The van der Waals surface area contributed by atoms with Crippen LogP contribution in [0.3, 0.4) is 0 Å². The molecular formula is C18H22N2O2. The summed E-state index contributed by atoms with van der Waals surface area (Å²) >= 11 is 0. The summed E-state index contributed by atoms with van der Waals surface area (Å²) in [6.45, 7) is 2.93. The molecule has 4 nitrogen and oxygen atoms in total. The van der Waals surface area contributed by atoms with Gasteiger partial charge in [0.15, 0.2) is 0 Å². The van der Waals surface area contributed by atoms with Gasteiger partial charge in [-0.3, -0.25) is 4.79 Å². The van der Waals surface area contributed by atoms with Gasteiger partial charge in [-0.1, -0.05) is 42.5 Å². The first kappa shape index (κ1) is 16.0. The molecule has 2 aromatic rings. The Balaban J connectivity index is 1.73. The lowest BCUT2D eigenvalue weighted by atomic mass is 10.1. The van der Waals surface area contributed by atoms with E-state index in [1.807, 2.05) is 61.5 Å². The average molecular weight is 298 g/mol. The smallest absolute Gasteiger partial charge is 0.234 e. The molecule has 22 heavy (non-hydrogen) atoms. The maximum atomic E-state index is 11.9. The number of amides is 1. The van der Waals surface area contributed by atoms with E-state index in [-0.39, 0.29) is 11.9 Å². The van der Waals surface area contributed by atoms with E-state index in [4.69, 9.17) is 4.74 Å². The van der Waals surface area contributed by atoms with Crippen LogP contribution in [0.15, 0.2) is 54.6 Å². The van der Waals surface area contributed by atoms with Crippen LogP contribution in [0, 0.1) is 0 Å². The van der Waals surface area contributed by atoms with E-state index in [9.17, 15) is 4.79 Å². The fraction of sp³-hybridized carbons (Fsp3) is 0.278. The van der Waals surface area contributed by atoms with Crippen LogP contribution in [0.4, 0.5) is 0 Å². The molecule has 2 aromatic carbocycles. The van der Waals surface area contributed by atoms with Gasteiger partial charge in [-0.05, 0) is 30.2 Å². The van der Waals surface area contributed by atoms with Crippen molar-refractivity contribution in [3.8, 4) is 5.75 Å². The van der Waals surface area contributed by atoms with E-state index >= 15 is 0 Å². The molecule has 0 heterocycles. The lowest BCUT2D eigenvalue weighted by molar-refractivity contribution is -0.120. The van der Waals surface area contributed by atoms with Crippen LogP contribution < -0.4 is 15.4 Å². The third-order valence-electron chi connectivity index (χ3n) is 3.45. The molecule has 1 unspecified atom stereocenters. The number of carbonyl (C=O) groups excluding carboxylic acids is 1. The molecule has 0 aliphatic rings. The molecule has 4 heteroatoms. The number of rotatable bonds is 7. The summed E-state index contributed by atoms with van der Waals surface area (Å²) in [5.74, 6) is 0.822. The Morgan fingerprint density at radius 3 is 2.41 bits per heavy atom. The van der Waals surface area contributed by atoms with Crippen LogP contribution in [-0.2, 0) is 11.3 Å². The highest BCUT2D eigenvalue weighted by Crippen LogP contribution is 2.11. The summed E-state index contributed by atoms with van der Waals surface area (Å²) in [5, 5.41) is 6.12. The topological polar surface area (TPSA) is 50.4 Å². The van der Waals surface area contributed by atoms with Gasteiger partial charge in [-0.25, -0.2) is 0 Å². The first-order valence-electron chi connectivity index (χ1n) is 7.37. The zero-order chi connectivity index (χ0) is 15.8. The Morgan fingerprint density at radius 2 is 1.77 bits per heavy atom. The van der Waals surface area contributed by atoms with Gasteiger partial charge in [-0.2, -0.15) is 0 Å². The van der Waals surface area contributed by atoms with E-state index in [0.29, 0.717) is 13.1 Å². The Kier molecular flexibility index (Phi) is 5.98. The van der Waals surface area contributed by atoms with Crippen LogP contribution in [0.25, 0.3) is 0 Å². The van der Waals surface area contributed by atoms with Crippen LogP contribution in [0.5, 0.6) is 5.75 Å². The van der Waals surface area contributed by atoms with Gasteiger partial charge in [-0.15, -0.1) is 0 Å². The predicted octanol–water partition coefficient (Wildman–Crippen LogP) is 2.66. The Bertz CT molecular complexity index is 582. The van der Waals surface area contributed by atoms with Crippen molar-refractivity contribution in [3.05, 3.63) is 65.7 Å². The van der Waals surface area contributed by atoms with Crippen molar-refractivity contribution in [2.75, 3.05) is 13.7 Å². The van der Waals surface area contributed by atoms with Crippen molar-refractivity contribution >= 4 is 5.91 Å². The van der Waals surface area contributed by atoms with Crippen molar-refractivity contribution in [2.24, 2.45) is 0 Å². The maximum absolute atomic E-state index is 11.9. The van der Waals surface area contributed by atoms with Gasteiger partial charge in [0.05, 0.1) is 19.7 Å². The summed E-state index contributed by atoms with van der Waals surface area (Å²) in [4.78, 5) is 11.9. The largest absolute Gasteiger partial charge is 0.497 e. The average Bonchev–Trinajstić information content (AvgIpc) is 2.56. The van der Waals surface area contributed by atoms with E-state index in [0.717, 1.165) is 16.9 Å². The van der Waals surface area contributed by atoms with Crippen molar-refractivity contribution < 1.29 is 9.53 Å². The molecule has 0 aliphatic heterocycles. The number of benzene rings is 2. The van der Waals surface area contributed by atoms with E-state index in [1.54, 1.807) is 7.11 Å². The van der Waals surface area contributed by atoms with E-state index in [1.165, 1.54) is 0 Å². The highest BCUT2D eigenvalue weighted by atomic mass is 16.5. The molecule has 2 rings (SSSR count). The molecule has 0 saturated carbocycles. The first-order chi connectivity index (χ1) is 10.7. The standard InChI is InChI=1S/C18H22N2O2/c1-14(16-6-4-3-5-7-16)20-18(21)13-19-12-15-8-10-17(22-2)11-9-15/h3-11,14,19H,12-13H2,1-2H3,(H,20,21). The molecule has 0 spiro atoms. The minimum Gasteiger partial charge on any atom is -0.497 e. The molecule has 1 atom stereocenters. The second-order valence-corrected chi connectivity index (χ2v) is 5.15. The monoisotopic (exact) mass is 298 g/mol. The molecule has 0 fully saturated rings.